The number of halogens is 3. The highest BCUT2D eigenvalue weighted by atomic mass is 35.8. The largest absolute Gasteiger partial charge is 0.462 e. The van der Waals surface area contributed by atoms with Crippen molar-refractivity contribution in [3.05, 3.63) is 12.2 Å². The van der Waals surface area contributed by atoms with Gasteiger partial charge in [0.05, 0.1) is 6.61 Å². The topological polar surface area (TPSA) is 26.3 Å². The van der Waals surface area contributed by atoms with E-state index < -0.39 is 6.00 Å². The highest BCUT2D eigenvalue weighted by Gasteiger charge is 2.27. The third kappa shape index (κ3) is 9.52. The molecule has 0 radical (unpaired) electrons. The van der Waals surface area contributed by atoms with Crippen molar-refractivity contribution in [1.29, 1.82) is 0 Å². The molecule has 0 spiro atoms. The van der Waals surface area contributed by atoms with Crippen molar-refractivity contribution < 1.29 is 9.53 Å². The Kier molecular flexibility index (Phi) is 7.73. The molecule has 0 fully saturated rings. The standard InChI is InChI=1S/C10H17Cl3O2Si/c1-8(2)10(14)15-6-4-5-9(3)7-16(11,12)13/h9H,1,4-7H2,2-3H3. The Bertz CT molecular complexity index is 251. The van der Waals surface area contributed by atoms with Crippen LogP contribution in [0.1, 0.15) is 26.7 Å². The van der Waals surface area contributed by atoms with E-state index >= 15 is 0 Å². The van der Waals surface area contributed by atoms with Gasteiger partial charge in [-0.2, -0.15) is 0 Å². The number of ether oxygens (including phenoxy) is 1. The number of hydrogen-bond donors (Lipinski definition) is 0. The van der Waals surface area contributed by atoms with Gasteiger partial charge in [-0.3, -0.25) is 0 Å². The third-order valence-electron chi connectivity index (χ3n) is 2.00. The van der Waals surface area contributed by atoms with Crippen LogP contribution < -0.4 is 0 Å². The van der Waals surface area contributed by atoms with E-state index in [1.54, 1.807) is 6.92 Å². The maximum absolute atomic E-state index is 11.0. The van der Waals surface area contributed by atoms with Crippen LogP contribution >= 0.6 is 33.2 Å². The SMILES string of the molecule is C=C(C)C(=O)OCCCC(C)C[Si](Cl)(Cl)Cl. The average Bonchev–Trinajstić information content (AvgIpc) is 2.08. The third-order valence-corrected chi connectivity index (χ3v) is 4.55. The van der Waals surface area contributed by atoms with E-state index in [0.29, 0.717) is 24.1 Å². The van der Waals surface area contributed by atoms with E-state index in [-0.39, 0.29) is 5.97 Å². The summed E-state index contributed by atoms with van der Waals surface area (Å²) >= 11 is 17.4. The lowest BCUT2D eigenvalue weighted by molar-refractivity contribution is -0.139. The second-order valence-electron chi connectivity index (χ2n) is 3.98. The van der Waals surface area contributed by atoms with Crippen molar-refractivity contribution in [2.24, 2.45) is 5.92 Å². The first-order valence-electron chi connectivity index (χ1n) is 5.11. The van der Waals surface area contributed by atoms with Crippen molar-refractivity contribution in [1.82, 2.24) is 0 Å². The highest BCUT2D eigenvalue weighted by molar-refractivity contribution is 7.64. The minimum absolute atomic E-state index is 0.344. The summed E-state index contributed by atoms with van der Waals surface area (Å²) in [7, 11) is 0. The Labute approximate surface area is 112 Å². The van der Waals surface area contributed by atoms with Crippen LogP contribution in [-0.2, 0) is 9.53 Å². The lowest BCUT2D eigenvalue weighted by Crippen LogP contribution is -2.14. The number of esters is 1. The number of hydrogen-bond acceptors (Lipinski definition) is 2. The fourth-order valence-corrected chi connectivity index (χ4v) is 4.58. The van der Waals surface area contributed by atoms with E-state index in [1.807, 2.05) is 6.92 Å². The van der Waals surface area contributed by atoms with Crippen LogP contribution in [0, 0.1) is 5.92 Å². The molecule has 0 aromatic heterocycles. The van der Waals surface area contributed by atoms with Gasteiger partial charge in [0.15, 0.2) is 0 Å². The van der Waals surface area contributed by atoms with Crippen molar-refractivity contribution in [2.75, 3.05) is 6.61 Å². The molecule has 0 aliphatic carbocycles. The van der Waals surface area contributed by atoms with Gasteiger partial charge >= 0.3 is 12.0 Å². The van der Waals surface area contributed by atoms with Gasteiger partial charge < -0.3 is 4.74 Å². The molecule has 0 rings (SSSR count). The van der Waals surface area contributed by atoms with Crippen LogP contribution in [0.5, 0.6) is 0 Å². The zero-order valence-electron chi connectivity index (χ0n) is 9.56. The van der Waals surface area contributed by atoms with Crippen molar-refractivity contribution in [3.63, 3.8) is 0 Å². The van der Waals surface area contributed by atoms with Crippen molar-refractivity contribution in [3.8, 4) is 0 Å². The van der Waals surface area contributed by atoms with Gasteiger partial charge in [0.25, 0.3) is 0 Å². The van der Waals surface area contributed by atoms with Gasteiger partial charge in [-0.25, -0.2) is 4.79 Å². The Morgan fingerprint density at radius 2 is 2.00 bits per heavy atom. The molecule has 0 saturated heterocycles. The molecular formula is C10H17Cl3O2Si. The Hall–Kier alpha value is 0.297. The molecule has 0 aliphatic heterocycles. The monoisotopic (exact) mass is 302 g/mol. The molecule has 0 N–H and O–H groups in total. The lowest BCUT2D eigenvalue weighted by Gasteiger charge is -2.14. The zero-order valence-corrected chi connectivity index (χ0v) is 12.8. The molecule has 2 nitrogen and oxygen atoms in total. The first kappa shape index (κ1) is 16.3. The van der Waals surface area contributed by atoms with Crippen LogP contribution in [0.4, 0.5) is 0 Å². The second kappa shape index (κ2) is 7.59. The quantitative estimate of drug-likeness (QED) is 0.232. The predicted molar refractivity (Wildman–Crippen MR) is 72.3 cm³/mol. The summed E-state index contributed by atoms with van der Waals surface area (Å²) in [6, 6.07) is -1.88. The molecular weight excluding hydrogens is 287 g/mol. The maximum Gasteiger partial charge on any atom is 0.341 e. The van der Waals surface area contributed by atoms with Gasteiger partial charge in [0.2, 0.25) is 0 Å². The summed E-state index contributed by atoms with van der Waals surface area (Å²) < 4.78 is 4.96. The molecule has 94 valence electrons. The molecule has 0 amide bonds. The highest BCUT2D eigenvalue weighted by Crippen LogP contribution is 2.30. The molecule has 1 unspecified atom stereocenters. The minimum atomic E-state index is -2.53. The minimum Gasteiger partial charge on any atom is -0.462 e. The Morgan fingerprint density at radius 1 is 1.44 bits per heavy atom. The van der Waals surface area contributed by atoms with Gasteiger partial charge in [-0.05, 0) is 31.7 Å². The summed E-state index contributed by atoms with van der Waals surface area (Å²) in [6.45, 7) is 7.56. The molecule has 0 aliphatic rings. The van der Waals surface area contributed by atoms with Gasteiger partial charge in [0.1, 0.15) is 0 Å². The van der Waals surface area contributed by atoms with Crippen molar-refractivity contribution >= 4 is 45.2 Å². The van der Waals surface area contributed by atoms with Gasteiger partial charge in [-0.1, -0.05) is 13.5 Å². The Balaban J connectivity index is 3.60. The van der Waals surface area contributed by atoms with Crippen LogP contribution in [0.15, 0.2) is 12.2 Å². The van der Waals surface area contributed by atoms with E-state index in [0.717, 1.165) is 12.8 Å². The fourth-order valence-electron chi connectivity index (χ4n) is 1.22. The molecule has 0 heterocycles. The van der Waals surface area contributed by atoms with Gasteiger partial charge in [0, 0.05) is 5.57 Å². The smallest absolute Gasteiger partial charge is 0.341 e. The fraction of sp³-hybridized carbons (Fsp3) is 0.700. The summed E-state index contributed by atoms with van der Waals surface area (Å²) in [5.74, 6) is 0.00565. The number of carbonyl (C=O) groups excluding carboxylic acids is 1. The number of carbonyl (C=O) groups is 1. The van der Waals surface area contributed by atoms with E-state index in [9.17, 15) is 4.79 Å². The van der Waals surface area contributed by atoms with Crippen molar-refractivity contribution in [2.45, 2.75) is 32.7 Å². The van der Waals surface area contributed by atoms with E-state index in [1.165, 1.54) is 0 Å². The number of rotatable bonds is 7. The summed E-state index contributed by atoms with van der Waals surface area (Å²) in [4.78, 5) is 11.0. The molecule has 0 bridgehead atoms. The molecule has 1 atom stereocenters. The van der Waals surface area contributed by atoms with Crippen LogP contribution in [0.3, 0.4) is 0 Å². The normalized spacial score (nSPS) is 13.3. The van der Waals surface area contributed by atoms with Crippen LogP contribution in [0.2, 0.25) is 6.04 Å². The van der Waals surface area contributed by atoms with E-state index in [4.69, 9.17) is 38.0 Å². The summed E-state index contributed by atoms with van der Waals surface area (Å²) in [5, 5.41) is 0. The van der Waals surface area contributed by atoms with E-state index in [2.05, 4.69) is 6.58 Å². The lowest BCUT2D eigenvalue weighted by atomic mass is 10.1. The Morgan fingerprint density at radius 3 is 2.44 bits per heavy atom. The summed E-state index contributed by atoms with van der Waals surface area (Å²) in [6.07, 6.45) is 1.68. The molecule has 0 aromatic carbocycles. The first-order chi connectivity index (χ1) is 7.22. The predicted octanol–water partition coefficient (Wildman–Crippen LogP) is 4.18. The molecule has 0 saturated carbocycles. The van der Waals surface area contributed by atoms with Crippen LogP contribution in [-0.4, -0.2) is 18.6 Å². The maximum atomic E-state index is 11.0. The summed E-state index contributed by atoms with van der Waals surface area (Å²) in [5.41, 5.74) is 0.418. The second-order valence-corrected chi connectivity index (χ2v) is 13.2. The molecule has 0 aromatic rings. The van der Waals surface area contributed by atoms with Gasteiger partial charge in [-0.15, -0.1) is 33.2 Å². The first-order valence-corrected chi connectivity index (χ1v) is 10.4. The zero-order chi connectivity index (χ0) is 12.8. The molecule has 16 heavy (non-hydrogen) atoms. The molecule has 6 heteroatoms. The van der Waals surface area contributed by atoms with Crippen LogP contribution in [0.25, 0.3) is 0 Å². The average molecular weight is 304 g/mol.